The zero-order valence-corrected chi connectivity index (χ0v) is 15.0. The van der Waals surface area contributed by atoms with Crippen LogP contribution in [0.1, 0.15) is 50.2 Å². The van der Waals surface area contributed by atoms with E-state index < -0.39 is 0 Å². The summed E-state index contributed by atoms with van der Waals surface area (Å²) in [4.78, 5) is 10.6. The Morgan fingerprint density at radius 2 is 2.19 bits per heavy atom. The van der Waals surface area contributed by atoms with Gasteiger partial charge in [0.2, 0.25) is 0 Å². The third-order valence-corrected chi connectivity index (χ3v) is 6.22. The lowest BCUT2D eigenvalue weighted by atomic mass is 9.76. The smallest absolute Gasteiger partial charge is 0.153 e. The molecule has 0 saturated carbocycles. The quantitative estimate of drug-likeness (QED) is 0.856. The summed E-state index contributed by atoms with van der Waals surface area (Å²) in [5, 5.41) is 5.63. The molecule has 0 aliphatic heterocycles. The van der Waals surface area contributed by atoms with E-state index in [1.165, 1.54) is 28.3 Å². The van der Waals surface area contributed by atoms with E-state index in [1.54, 1.807) is 17.5 Å². The molecule has 0 aromatic carbocycles. The van der Waals surface area contributed by atoms with E-state index in [4.69, 9.17) is 16.6 Å². The van der Waals surface area contributed by atoms with E-state index in [0.29, 0.717) is 11.5 Å². The van der Waals surface area contributed by atoms with Gasteiger partial charge < -0.3 is 5.32 Å². The SMILES string of the molecule is CCCNC1CC(C)(C)Cc2nc(-c3ncc(Cl)s3)sc21. The number of fused-ring (bicyclic) bond motifs is 1. The maximum atomic E-state index is 6.00. The Labute approximate surface area is 138 Å². The predicted molar refractivity (Wildman–Crippen MR) is 91.4 cm³/mol. The number of hydrogen-bond acceptors (Lipinski definition) is 5. The van der Waals surface area contributed by atoms with Crippen molar-refractivity contribution in [3.63, 3.8) is 0 Å². The average Bonchev–Trinajstić information content (AvgIpc) is 3.00. The topological polar surface area (TPSA) is 37.8 Å². The highest BCUT2D eigenvalue weighted by Crippen LogP contribution is 2.45. The van der Waals surface area contributed by atoms with Crippen molar-refractivity contribution in [1.82, 2.24) is 15.3 Å². The molecule has 0 bridgehead atoms. The number of hydrogen-bond donors (Lipinski definition) is 1. The van der Waals surface area contributed by atoms with Gasteiger partial charge in [-0.1, -0.05) is 43.7 Å². The van der Waals surface area contributed by atoms with Crippen LogP contribution in [0, 0.1) is 5.41 Å². The van der Waals surface area contributed by atoms with Crippen LogP contribution in [0.3, 0.4) is 0 Å². The summed E-state index contributed by atoms with van der Waals surface area (Å²) in [6, 6.07) is 0.422. The van der Waals surface area contributed by atoms with Crippen LogP contribution in [-0.4, -0.2) is 16.5 Å². The van der Waals surface area contributed by atoms with Crippen LogP contribution in [0.5, 0.6) is 0 Å². The van der Waals surface area contributed by atoms with Crippen molar-refractivity contribution in [3.8, 4) is 10.0 Å². The number of nitrogens with one attached hydrogen (secondary N) is 1. The molecule has 1 aliphatic rings. The normalized spacial score (nSPS) is 20.5. The summed E-state index contributed by atoms with van der Waals surface area (Å²) in [7, 11) is 0. The van der Waals surface area contributed by atoms with Crippen molar-refractivity contribution in [3.05, 3.63) is 21.1 Å². The van der Waals surface area contributed by atoms with Gasteiger partial charge in [0.1, 0.15) is 4.34 Å². The molecule has 2 heterocycles. The Morgan fingerprint density at radius 1 is 1.38 bits per heavy atom. The molecule has 0 fully saturated rings. The highest BCUT2D eigenvalue weighted by molar-refractivity contribution is 7.23. The van der Waals surface area contributed by atoms with Gasteiger partial charge in [-0.05, 0) is 31.2 Å². The Balaban J connectivity index is 1.94. The highest BCUT2D eigenvalue weighted by Gasteiger charge is 2.35. The molecule has 1 atom stereocenters. The lowest BCUT2D eigenvalue weighted by molar-refractivity contribution is 0.258. The fourth-order valence-electron chi connectivity index (χ4n) is 2.86. The summed E-state index contributed by atoms with van der Waals surface area (Å²) in [6.07, 6.45) is 5.07. The van der Waals surface area contributed by atoms with E-state index in [2.05, 4.69) is 31.1 Å². The Kier molecular flexibility index (Phi) is 4.37. The molecule has 1 N–H and O–H groups in total. The molecule has 0 spiro atoms. The molecule has 0 saturated heterocycles. The molecule has 2 aromatic rings. The minimum atomic E-state index is 0.296. The third-order valence-electron chi connectivity index (χ3n) is 3.75. The van der Waals surface area contributed by atoms with E-state index in [-0.39, 0.29) is 0 Å². The molecule has 1 aliphatic carbocycles. The summed E-state index contributed by atoms with van der Waals surface area (Å²) in [6.45, 7) is 7.92. The second kappa shape index (κ2) is 5.95. The van der Waals surface area contributed by atoms with Crippen LogP contribution in [0.25, 0.3) is 10.0 Å². The molecular formula is C15H20ClN3S2. The second-order valence-electron chi connectivity index (χ2n) is 6.35. The van der Waals surface area contributed by atoms with Crippen LogP contribution in [0.4, 0.5) is 0 Å². The zero-order valence-electron chi connectivity index (χ0n) is 12.6. The average molecular weight is 342 g/mol. The van der Waals surface area contributed by atoms with E-state index in [9.17, 15) is 0 Å². The molecule has 114 valence electrons. The summed E-state index contributed by atoms with van der Waals surface area (Å²) >= 11 is 9.28. The second-order valence-corrected chi connectivity index (χ2v) is 9.04. The Bertz CT molecular complexity index is 633. The molecule has 0 amide bonds. The van der Waals surface area contributed by atoms with Crippen LogP contribution in [0.15, 0.2) is 6.20 Å². The van der Waals surface area contributed by atoms with Gasteiger partial charge in [0, 0.05) is 10.9 Å². The van der Waals surface area contributed by atoms with Gasteiger partial charge in [-0.3, -0.25) is 0 Å². The molecule has 1 unspecified atom stereocenters. The van der Waals surface area contributed by atoms with Gasteiger partial charge >= 0.3 is 0 Å². The summed E-state index contributed by atoms with van der Waals surface area (Å²) < 4.78 is 0.721. The zero-order chi connectivity index (χ0) is 15.0. The maximum Gasteiger partial charge on any atom is 0.153 e. The van der Waals surface area contributed by atoms with Gasteiger partial charge in [-0.25, -0.2) is 9.97 Å². The minimum absolute atomic E-state index is 0.296. The Morgan fingerprint density at radius 3 is 2.86 bits per heavy atom. The van der Waals surface area contributed by atoms with Gasteiger partial charge in [0.15, 0.2) is 10.0 Å². The minimum Gasteiger partial charge on any atom is -0.309 e. The van der Waals surface area contributed by atoms with Crippen LogP contribution < -0.4 is 5.32 Å². The first-order chi connectivity index (χ1) is 9.98. The van der Waals surface area contributed by atoms with Crippen molar-refractivity contribution in [1.29, 1.82) is 0 Å². The predicted octanol–water partition coefficient (Wildman–Crippen LogP) is 4.93. The van der Waals surface area contributed by atoms with Crippen molar-refractivity contribution >= 4 is 34.3 Å². The van der Waals surface area contributed by atoms with Crippen LogP contribution in [-0.2, 0) is 6.42 Å². The maximum absolute atomic E-state index is 6.00. The molecule has 21 heavy (non-hydrogen) atoms. The summed E-state index contributed by atoms with van der Waals surface area (Å²) in [5.41, 5.74) is 1.54. The van der Waals surface area contributed by atoms with Crippen molar-refractivity contribution in [2.75, 3.05) is 6.54 Å². The fourth-order valence-corrected chi connectivity index (χ4v) is 4.96. The highest BCUT2D eigenvalue weighted by atomic mass is 35.5. The standard InChI is InChI=1S/C15H20ClN3S2/c1-4-5-17-9-6-15(2,3)7-10-12(9)21-14(19-10)13-18-8-11(16)20-13/h8-9,17H,4-7H2,1-3H3. The molecule has 0 radical (unpaired) electrons. The first-order valence-corrected chi connectivity index (χ1v) is 9.34. The monoisotopic (exact) mass is 341 g/mol. The van der Waals surface area contributed by atoms with Gasteiger partial charge in [0.25, 0.3) is 0 Å². The summed E-state index contributed by atoms with van der Waals surface area (Å²) in [5.74, 6) is 0. The number of thiazole rings is 2. The molecule has 6 heteroatoms. The lowest BCUT2D eigenvalue weighted by Gasteiger charge is -2.34. The molecule has 3 nitrogen and oxygen atoms in total. The van der Waals surface area contributed by atoms with E-state index in [1.807, 2.05) is 0 Å². The first-order valence-electron chi connectivity index (χ1n) is 7.33. The first kappa shape index (κ1) is 15.4. The number of nitrogens with zero attached hydrogens (tertiary/aromatic N) is 2. The van der Waals surface area contributed by atoms with Gasteiger partial charge in [-0.15, -0.1) is 11.3 Å². The van der Waals surface area contributed by atoms with E-state index in [0.717, 1.165) is 33.7 Å². The molecule has 3 rings (SSSR count). The number of halogens is 1. The number of rotatable bonds is 4. The van der Waals surface area contributed by atoms with E-state index >= 15 is 0 Å². The largest absolute Gasteiger partial charge is 0.309 e. The third kappa shape index (κ3) is 3.31. The molecular weight excluding hydrogens is 322 g/mol. The number of aromatic nitrogens is 2. The van der Waals surface area contributed by atoms with Crippen LogP contribution in [0.2, 0.25) is 4.34 Å². The van der Waals surface area contributed by atoms with Crippen LogP contribution >= 0.6 is 34.3 Å². The fraction of sp³-hybridized carbons (Fsp3) is 0.600. The lowest BCUT2D eigenvalue weighted by Crippen LogP contribution is -2.33. The molecule has 2 aromatic heterocycles. The van der Waals surface area contributed by atoms with Crippen molar-refractivity contribution in [2.24, 2.45) is 5.41 Å². The van der Waals surface area contributed by atoms with Gasteiger partial charge in [-0.2, -0.15) is 0 Å². The van der Waals surface area contributed by atoms with Crippen molar-refractivity contribution in [2.45, 2.75) is 46.1 Å². The Hall–Kier alpha value is -0.490. The van der Waals surface area contributed by atoms with Crippen molar-refractivity contribution < 1.29 is 0 Å². The van der Waals surface area contributed by atoms with Gasteiger partial charge in [0.05, 0.1) is 11.9 Å².